The monoisotopic (exact) mass is 283 g/mol. The topological polar surface area (TPSA) is 61.9 Å². The molecule has 1 aliphatic rings. The number of para-hydroxylation sites is 1. The molecule has 0 bridgehead atoms. The lowest BCUT2D eigenvalue weighted by Gasteiger charge is -2.24. The molecule has 0 atom stereocenters. The van der Waals surface area contributed by atoms with Gasteiger partial charge in [-0.1, -0.05) is 18.2 Å². The highest BCUT2D eigenvalue weighted by Crippen LogP contribution is 2.18. The lowest BCUT2D eigenvalue weighted by molar-refractivity contribution is 0.478. The predicted molar refractivity (Wildman–Crippen MR) is 86.0 cm³/mol. The van der Waals surface area contributed by atoms with Crippen molar-refractivity contribution in [3.05, 3.63) is 42.2 Å². The van der Waals surface area contributed by atoms with Crippen LogP contribution in [0.15, 0.2) is 36.4 Å². The summed E-state index contributed by atoms with van der Waals surface area (Å²) in [6.45, 7) is 4.05. The quantitative estimate of drug-likeness (QED) is 0.805. The first-order valence-electron chi connectivity index (χ1n) is 7.44. The van der Waals surface area contributed by atoms with Gasteiger partial charge in [-0.2, -0.15) is 0 Å². The standard InChI is InChI=1S/C16H21N5/c1-12-18-15(20-13-5-3-2-4-6-13)11-16(19-12)21-14-7-9-17-10-8-14/h2-6,11,14,17H,7-10H2,1H3,(H2,18,19,20,21). The van der Waals surface area contributed by atoms with Crippen LogP contribution >= 0.6 is 0 Å². The zero-order valence-electron chi connectivity index (χ0n) is 12.3. The van der Waals surface area contributed by atoms with Crippen LogP contribution in [0.1, 0.15) is 18.7 Å². The van der Waals surface area contributed by atoms with Gasteiger partial charge in [-0.15, -0.1) is 0 Å². The van der Waals surface area contributed by atoms with Crippen molar-refractivity contribution in [2.24, 2.45) is 0 Å². The van der Waals surface area contributed by atoms with Gasteiger partial charge in [0, 0.05) is 17.8 Å². The van der Waals surface area contributed by atoms with E-state index in [1.165, 1.54) is 0 Å². The highest BCUT2D eigenvalue weighted by molar-refractivity contribution is 5.59. The predicted octanol–water partition coefficient (Wildman–Crippen LogP) is 2.69. The molecule has 0 radical (unpaired) electrons. The van der Waals surface area contributed by atoms with Crippen molar-refractivity contribution in [1.82, 2.24) is 15.3 Å². The average molecular weight is 283 g/mol. The molecule has 1 saturated heterocycles. The summed E-state index contributed by atoms with van der Waals surface area (Å²) in [4.78, 5) is 8.93. The molecule has 3 N–H and O–H groups in total. The molecular weight excluding hydrogens is 262 g/mol. The largest absolute Gasteiger partial charge is 0.367 e. The Balaban J connectivity index is 1.73. The van der Waals surface area contributed by atoms with Gasteiger partial charge in [0.05, 0.1) is 0 Å². The molecule has 110 valence electrons. The zero-order chi connectivity index (χ0) is 14.5. The second-order valence-electron chi connectivity index (χ2n) is 5.35. The summed E-state index contributed by atoms with van der Waals surface area (Å²) in [7, 11) is 0. The smallest absolute Gasteiger partial charge is 0.136 e. The van der Waals surface area contributed by atoms with Gasteiger partial charge in [0.1, 0.15) is 17.5 Å². The fraction of sp³-hybridized carbons (Fsp3) is 0.375. The van der Waals surface area contributed by atoms with Crippen LogP contribution in [-0.2, 0) is 0 Å². The molecule has 3 rings (SSSR count). The van der Waals surface area contributed by atoms with E-state index in [4.69, 9.17) is 0 Å². The van der Waals surface area contributed by atoms with E-state index in [2.05, 4.69) is 25.9 Å². The van der Waals surface area contributed by atoms with Crippen LogP contribution in [0.25, 0.3) is 0 Å². The fourth-order valence-electron chi connectivity index (χ4n) is 2.55. The van der Waals surface area contributed by atoms with Crippen LogP contribution in [-0.4, -0.2) is 29.1 Å². The molecule has 1 fully saturated rings. The number of benzene rings is 1. The minimum atomic E-state index is 0.491. The van der Waals surface area contributed by atoms with Crippen molar-refractivity contribution in [3.8, 4) is 0 Å². The maximum Gasteiger partial charge on any atom is 0.136 e. The van der Waals surface area contributed by atoms with E-state index in [1.807, 2.05) is 43.3 Å². The molecule has 0 spiro atoms. The first kappa shape index (κ1) is 13.8. The maximum absolute atomic E-state index is 4.49. The highest BCUT2D eigenvalue weighted by atomic mass is 15.1. The Morgan fingerprint density at radius 3 is 2.52 bits per heavy atom. The maximum atomic E-state index is 4.49. The van der Waals surface area contributed by atoms with Crippen LogP contribution < -0.4 is 16.0 Å². The Morgan fingerprint density at radius 2 is 1.76 bits per heavy atom. The number of nitrogens with one attached hydrogen (secondary N) is 3. The molecule has 21 heavy (non-hydrogen) atoms. The molecule has 5 nitrogen and oxygen atoms in total. The van der Waals surface area contributed by atoms with E-state index in [9.17, 15) is 0 Å². The summed E-state index contributed by atoms with van der Waals surface area (Å²) < 4.78 is 0. The van der Waals surface area contributed by atoms with Gasteiger partial charge in [0.25, 0.3) is 0 Å². The van der Waals surface area contributed by atoms with Gasteiger partial charge in [0.2, 0.25) is 0 Å². The van der Waals surface area contributed by atoms with Crippen molar-refractivity contribution >= 4 is 17.3 Å². The number of nitrogens with zero attached hydrogens (tertiary/aromatic N) is 2. The van der Waals surface area contributed by atoms with Crippen molar-refractivity contribution in [1.29, 1.82) is 0 Å². The van der Waals surface area contributed by atoms with Crippen LogP contribution in [0, 0.1) is 6.92 Å². The van der Waals surface area contributed by atoms with Crippen LogP contribution in [0.4, 0.5) is 17.3 Å². The summed E-state index contributed by atoms with van der Waals surface area (Å²) in [5, 5.41) is 10.2. The van der Waals surface area contributed by atoms with E-state index >= 15 is 0 Å². The second kappa shape index (κ2) is 6.54. The molecule has 0 saturated carbocycles. The number of aryl methyl sites for hydroxylation is 1. The van der Waals surface area contributed by atoms with E-state index in [0.717, 1.165) is 49.1 Å². The number of aromatic nitrogens is 2. The van der Waals surface area contributed by atoms with Crippen molar-refractivity contribution in [2.75, 3.05) is 23.7 Å². The van der Waals surface area contributed by atoms with Crippen LogP contribution in [0.3, 0.4) is 0 Å². The number of hydrogen-bond acceptors (Lipinski definition) is 5. The molecule has 5 heteroatoms. The lowest BCUT2D eigenvalue weighted by Crippen LogP contribution is -2.35. The number of rotatable bonds is 4. The summed E-state index contributed by atoms with van der Waals surface area (Å²) in [5.41, 5.74) is 1.03. The summed E-state index contributed by atoms with van der Waals surface area (Å²) in [6.07, 6.45) is 2.26. The molecule has 0 amide bonds. The Kier molecular flexibility index (Phi) is 4.31. The van der Waals surface area contributed by atoms with E-state index < -0.39 is 0 Å². The number of hydrogen-bond donors (Lipinski definition) is 3. The molecular formula is C16H21N5. The van der Waals surface area contributed by atoms with Gasteiger partial charge in [-0.3, -0.25) is 0 Å². The third-order valence-corrected chi connectivity index (χ3v) is 3.58. The van der Waals surface area contributed by atoms with E-state index in [0.29, 0.717) is 6.04 Å². The molecule has 0 unspecified atom stereocenters. The van der Waals surface area contributed by atoms with Crippen LogP contribution in [0.5, 0.6) is 0 Å². The number of piperidine rings is 1. The van der Waals surface area contributed by atoms with Crippen LogP contribution in [0.2, 0.25) is 0 Å². The van der Waals surface area contributed by atoms with Gasteiger partial charge in [-0.25, -0.2) is 9.97 Å². The second-order valence-corrected chi connectivity index (χ2v) is 5.35. The first-order chi connectivity index (χ1) is 10.3. The Hall–Kier alpha value is -2.14. The average Bonchev–Trinajstić information content (AvgIpc) is 2.48. The lowest BCUT2D eigenvalue weighted by atomic mass is 10.1. The van der Waals surface area contributed by atoms with Gasteiger partial charge >= 0.3 is 0 Å². The minimum Gasteiger partial charge on any atom is -0.367 e. The van der Waals surface area contributed by atoms with Crippen molar-refractivity contribution < 1.29 is 0 Å². The summed E-state index contributed by atoms with van der Waals surface area (Å²) >= 11 is 0. The Labute approximate surface area is 125 Å². The van der Waals surface area contributed by atoms with Gasteiger partial charge < -0.3 is 16.0 Å². The first-order valence-corrected chi connectivity index (χ1v) is 7.44. The summed E-state index contributed by atoms with van der Waals surface area (Å²) in [6, 6.07) is 12.5. The highest BCUT2D eigenvalue weighted by Gasteiger charge is 2.13. The summed E-state index contributed by atoms with van der Waals surface area (Å²) in [5.74, 6) is 2.49. The van der Waals surface area contributed by atoms with Gasteiger partial charge in [0.15, 0.2) is 0 Å². The normalized spacial score (nSPS) is 15.7. The SMILES string of the molecule is Cc1nc(Nc2ccccc2)cc(NC2CCNCC2)n1. The zero-order valence-corrected chi connectivity index (χ0v) is 12.3. The Bertz CT molecular complexity index is 578. The minimum absolute atomic E-state index is 0.491. The fourth-order valence-corrected chi connectivity index (χ4v) is 2.55. The van der Waals surface area contributed by atoms with Crippen molar-refractivity contribution in [2.45, 2.75) is 25.8 Å². The molecule has 1 aromatic carbocycles. The third-order valence-electron chi connectivity index (χ3n) is 3.58. The molecule has 2 aromatic rings. The molecule has 0 aliphatic carbocycles. The van der Waals surface area contributed by atoms with E-state index in [1.54, 1.807) is 0 Å². The number of anilines is 3. The van der Waals surface area contributed by atoms with Crippen molar-refractivity contribution in [3.63, 3.8) is 0 Å². The molecule has 1 aliphatic heterocycles. The molecule has 1 aromatic heterocycles. The third kappa shape index (κ3) is 3.92. The van der Waals surface area contributed by atoms with E-state index in [-0.39, 0.29) is 0 Å². The Morgan fingerprint density at radius 1 is 1.05 bits per heavy atom. The van der Waals surface area contributed by atoms with Gasteiger partial charge in [-0.05, 0) is 45.0 Å². The molecule has 2 heterocycles.